The van der Waals surface area contributed by atoms with Crippen molar-refractivity contribution in [2.45, 2.75) is 26.4 Å². The average Bonchev–Trinajstić information content (AvgIpc) is 3.00. The molecule has 1 atom stereocenters. The van der Waals surface area contributed by atoms with Crippen molar-refractivity contribution in [3.8, 4) is 11.5 Å². The summed E-state index contributed by atoms with van der Waals surface area (Å²) in [6.45, 7) is 4.27. The minimum Gasteiger partial charge on any atom is -0.493 e. The SMILES string of the molecule is COc1cccc2c1OC[C@@H](C(=O)N1CCn3c(C)nnc3C1)C2. The highest BCUT2D eigenvalue weighted by Gasteiger charge is 2.33. The van der Waals surface area contributed by atoms with Crippen LogP contribution in [0.25, 0.3) is 0 Å². The van der Waals surface area contributed by atoms with E-state index < -0.39 is 0 Å². The van der Waals surface area contributed by atoms with E-state index in [-0.39, 0.29) is 11.8 Å². The van der Waals surface area contributed by atoms with Crippen LogP contribution in [0.2, 0.25) is 0 Å². The van der Waals surface area contributed by atoms with Crippen molar-refractivity contribution < 1.29 is 14.3 Å². The second kappa shape index (κ2) is 5.81. The van der Waals surface area contributed by atoms with E-state index in [1.165, 1.54) is 0 Å². The Labute approximate surface area is 140 Å². The van der Waals surface area contributed by atoms with Gasteiger partial charge in [0.25, 0.3) is 0 Å². The lowest BCUT2D eigenvalue weighted by Crippen LogP contribution is -2.44. The van der Waals surface area contributed by atoms with Gasteiger partial charge in [-0.2, -0.15) is 0 Å². The van der Waals surface area contributed by atoms with Gasteiger partial charge in [-0.1, -0.05) is 12.1 Å². The van der Waals surface area contributed by atoms with Gasteiger partial charge in [0.1, 0.15) is 12.4 Å². The summed E-state index contributed by atoms with van der Waals surface area (Å²) in [5.41, 5.74) is 1.02. The minimum absolute atomic E-state index is 0.121. The van der Waals surface area contributed by atoms with E-state index in [4.69, 9.17) is 9.47 Å². The number of carbonyl (C=O) groups excluding carboxylic acids is 1. The molecule has 0 aliphatic carbocycles. The molecular formula is C17H20N4O3. The van der Waals surface area contributed by atoms with Crippen LogP contribution in [-0.4, -0.2) is 45.8 Å². The molecule has 0 spiro atoms. The number of fused-ring (bicyclic) bond motifs is 2. The van der Waals surface area contributed by atoms with Crippen LogP contribution in [0, 0.1) is 12.8 Å². The number of para-hydroxylation sites is 1. The third-order valence-corrected chi connectivity index (χ3v) is 4.77. The highest BCUT2D eigenvalue weighted by Crippen LogP contribution is 2.36. The molecule has 2 aromatic rings. The smallest absolute Gasteiger partial charge is 0.229 e. The van der Waals surface area contributed by atoms with Crippen LogP contribution >= 0.6 is 0 Å². The lowest BCUT2D eigenvalue weighted by molar-refractivity contribution is -0.138. The summed E-state index contributed by atoms with van der Waals surface area (Å²) in [6, 6.07) is 5.80. The summed E-state index contributed by atoms with van der Waals surface area (Å²) in [5.74, 6) is 3.19. The predicted octanol–water partition coefficient (Wildman–Crippen LogP) is 1.19. The van der Waals surface area contributed by atoms with Gasteiger partial charge in [-0.25, -0.2) is 0 Å². The van der Waals surface area contributed by atoms with Gasteiger partial charge in [-0.3, -0.25) is 4.79 Å². The largest absolute Gasteiger partial charge is 0.493 e. The van der Waals surface area contributed by atoms with E-state index in [0.29, 0.717) is 26.1 Å². The van der Waals surface area contributed by atoms with Crippen LogP contribution in [-0.2, 0) is 24.3 Å². The van der Waals surface area contributed by atoms with Gasteiger partial charge >= 0.3 is 0 Å². The molecule has 0 saturated heterocycles. The summed E-state index contributed by atoms with van der Waals surface area (Å²) in [4.78, 5) is 14.8. The van der Waals surface area contributed by atoms with Crippen LogP contribution in [0.3, 0.4) is 0 Å². The van der Waals surface area contributed by atoms with Crippen molar-refractivity contribution in [1.29, 1.82) is 0 Å². The molecule has 2 aliphatic rings. The number of ether oxygens (including phenoxy) is 2. The standard InChI is InChI=1S/C17H20N4O3/c1-11-18-19-15-9-20(6-7-21(11)15)17(22)13-8-12-4-3-5-14(23-2)16(12)24-10-13/h3-5,13H,6-10H2,1-2H3/t13-/m0/s1. The molecule has 0 N–H and O–H groups in total. The van der Waals surface area contributed by atoms with Crippen molar-refractivity contribution in [3.05, 3.63) is 35.4 Å². The maximum Gasteiger partial charge on any atom is 0.229 e. The minimum atomic E-state index is -0.167. The zero-order valence-electron chi connectivity index (χ0n) is 13.9. The highest BCUT2D eigenvalue weighted by molar-refractivity contribution is 5.80. The number of carbonyl (C=O) groups is 1. The van der Waals surface area contributed by atoms with Gasteiger partial charge in [0.2, 0.25) is 5.91 Å². The summed E-state index contributed by atoms with van der Waals surface area (Å²) >= 11 is 0. The lowest BCUT2D eigenvalue weighted by Gasteiger charge is -2.33. The first kappa shape index (κ1) is 15.0. The van der Waals surface area contributed by atoms with Crippen LogP contribution in [0.5, 0.6) is 11.5 Å². The molecule has 0 saturated carbocycles. The fourth-order valence-electron chi connectivity index (χ4n) is 3.46. The van der Waals surface area contributed by atoms with Gasteiger partial charge in [0.05, 0.1) is 19.6 Å². The first-order valence-corrected chi connectivity index (χ1v) is 8.13. The average molecular weight is 328 g/mol. The van der Waals surface area contributed by atoms with Crippen molar-refractivity contribution in [3.63, 3.8) is 0 Å². The molecule has 0 fully saturated rings. The predicted molar refractivity (Wildman–Crippen MR) is 85.9 cm³/mol. The lowest BCUT2D eigenvalue weighted by atomic mass is 9.95. The summed E-state index contributed by atoms with van der Waals surface area (Å²) in [7, 11) is 1.63. The topological polar surface area (TPSA) is 69.5 Å². The molecule has 2 aliphatic heterocycles. The second-order valence-electron chi connectivity index (χ2n) is 6.24. The van der Waals surface area contributed by atoms with E-state index in [1.807, 2.05) is 30.0 Å². The van der Waals surface area contributed by atoms with Crippen molar-refractivity contribution in [2.24, 2.45) is 5.92 Å². The third kappa shape index (κ3) is 2.40. The fraction of sp³-hybridized carbons (Fsp3) is 0.471. The molecule has 24 heavy (non-hydrogen) atoms. The molecule has 1 amide bonds. The first-order valence-electron chi connectivity index (χ1n) is 8.13. The van der Waals surface area contributed by atoms with Gasteiger partial charge in [-0.15, -0.1) is 10.2 Å². The van der Waals surface area contributed by atoms with Gasteiger partial charge < -0.3 is 18.9 Å². The number of aryl methyl sites for hydroxylation is 1. The van der Waals surface area contributed by atoms with Gasteiger partial charge in [0.15, 0.2) is 17.3 Å². The van der Waals surface area contributed by atoms with Crippen LogP contribution in [0.1, 0.15) is 17.2 Å². The van der Waals surface area contributed by atoms with E-state index in [0.717, 1.165) is 35.3 Å². The summed E-state index contributed by atoms with van der Waals surface area (Å²) < 4.78 is 13.2. The van der Waals surface area contributed by atoms with Crippen molar-refractivity contribution in [1.82, 2.24) is 19.7 Å². The van der Waals surface area contributed by atoms with E-state index in [2.05, 4.69) is 14.8 Å². The number of benzene rings is 1. The highest BCUT2D eigenvalue weighted by atomic mass is 16.5. The Morgan fingerprint density at radius 2 is 2.21 bits per heavy atom. The molecule has 7 nitrogen and oxygen atoms in total. The monoisotopic (exact) mass is 328 g/mol. The Kier molecular flexibility index (Phi) is 3.63. The Balaban J connectivity index is 1.50. The van der Waals surface area contributed by atoms with Crippen molar-refractivity contribution >= 4 is 5.91 Å². The maximum atomic E-state index is 12.9. The number of rotatable bonds is 2. The van der Waals surface area contributed by atoms with Crippen LogP contribution in [0.4, 0.5) is 0 Å². The number of nitrogens with zero attached hydrogens (tertiary/aromatic N) is 4. The number of aromatic nitrogens is 3. The summed E-state index contributed by atoms with van der Waals surface area (Å²) in [5, 5.41) is 8.25. The third-order valence-electron chi connectivity index (χ3n) is 4.77. The molecular weight excluding hydrogens is 308 g/mol. The number of hydrogen-bond donors (Lipinski definition) is 0. The Bertz CT molecular complexity index is 786. The van der Waals surface area contributed by atoms with Crippen molar-refractivity contribution in [2.75, 3.05) is 20.3 Å². The first-order chi connectivity index (χ1) is 11.7. The Morgan fingerprint density at radius 1 is 1.33 bits per heavy atom. The molecule has 126 valence electrons. The molecule has 1 aromatic heterocycles. The molecule has 0 radical (unpaired) electrons. The molecule has 4 rings (SSSR count). The fourth-order valence-corrected chi connectivity index (χ4v) is 3.46. The Morgan fingerprint density at radius 3 is 3.04 bits per heavy atom. The van der Waals surface area contributed by atoms with E-state index >= 15 is 0 Å². The van der Waals surface area contributed by atoms with Gasteiger partial charge in [0, 0.05) is 13.1 Å². The molecule has 0 bridgehead atoms. The number of amides is 1. The molecule has 0 unspecified atom stereocenters. The summed E-state index contributed by atoms with van der Waals surface area (Å²) in [6.07, 6.45) is 0.674. The van der Waals surface area contributed by atoms with E-state index in [9.17, 15) is 4.79 Å². The quantitative estimate of drug-likeness (QED) is 0.828. The van der Waals surface area contributed by atoms with Crippen LogP contribution in [0.15, 0.2) is 18.2 Å². The van der Waals surface area contributed by atoms with E-state index in [1.54, 1.807) is 7.11 Å². The second-order valence-corrected chi connectivity index (χ2v) is 6.24. The molecule has 3 heterocycles. The number of hydrogen-bond acceptors (Lipinski definition) is 5. The zero-order valence-corrected chi connectivity index (χ0v) is 13.9. The Hall–Kier alpha value is -2.57. The van der Waals surface area contributed by atoms with Gasteiger partial charge in [-0.05, 0) is 25.0 Å². The number of methoxy groups -OCH3 is 1. The van der Waals surface area contributed by atoms with Crippen LogP contribution < -0.4 is 9.47 Å². The molecule has 7 heteroatoms. The zero-order chi connectivity index (χ0) is 16.7. The maximum absolute atomic E-state index is 12.9. The molecule has 1 aromatic carbocycles. The normalized spacial score (nSPS) is 19.2.